The van der Waals surface area contributed by atoms with Crippen LogP contribution in [0.4, 0.5) is 0 Å². The highest BCUT2D eigenvalue weighted by atomic mass is 16.2. The van der Waals surface area contributed by atoms with Gasteiger partial charge in [0.15, 0.2) is 0 Å². The molecular formula is C9H16N2O. The molecule has 0 radical (unpaired) electrons. The van der Waals surface area contributed by atoms with E-state index in [1.807, 2.05) is 13.8 Å². The van der Waals surface area contributed by atoms with E-state index in [1.54, 1.807) is 0 Å². The predicted octanol–water partition coefficient (Wildman–Crippen LogP) is 0.263. The van der Waals surface area contributed by atoms with Gasteiger partial charge in [0.05, 0.1) is 5.41 Å². The van der Waals surface area contributed by atoms with E-state index in [2.05, 4.69) is 10.6 Å². The van der Waals surface area contributed by atoms with Gasteiger partial charge in [-0.25, -0.2) is 0 Å². The Kier molecular flexibility index (Phi) is 1.65. The van der Waals surface area contributed by atoms with Crippen molar-refractivity contribution < 1.29 is 4.79 Å². The van der Waals surface area contributed by atoms with Gasteiger partial charge in [0.1, 0.15) is 0 Å². The summed E-state index contributed by atoms with van der Waals surface area (Å²) >= 11 is 0. The molecule has 2 atom stereocenters. The number of carbonyl (C=O) groups excluding carboxylic acids is 1. The number of hydrogen-bond acceptors (Lipinski definition) is 2. The zero-order valence-corrected chi connectivity index (χ0v) is 7.68. The van der Waals surface area contributed by atoms with E-state index in [-0.39, 0.29) is 11.3 Å². The second-order valence-corrected chi connectivity index (χ2v) is 4.38. The average Bonchev–Trinajstić information content (AvgIpc) is 2.25. The van der Waals surface area contributed by atoms with E-state index >= 15 is 0 Å². The Morgan fingerprint density at radius 3 is 2.92 bits per heavy atom. The molecule has 0 aromatic carbocycles. The van der Waals surface area contributed by atoms with Crippen LogP contribution in [0.1, 0.15) is 26.7 Å². The van der Waals surface area contributed by atoms with Crippen molar-refractivity contribution in [2.45, 2.75) is 38.8 Å². The van der Waals surface area contributed by atoms with Gasteiger partial charge in [-0.15, -0.1) is 0 Å². The molecule has 2 heterocycles. The van der Waals surface area contributed by atoms with Crippen molar-refractivity contribution in [3.05, 3.63) is 0 Å². The second kappa shape index (κ2) is 2.46. The first-order valence-electron chi connectivity index (χ1n) is 4.67. The molecule has 12 heavy (non-hydrogen) atoms. The maximum absolute atomic E-state index is 11.5. The minimum atomic E-state index is -0.217. The number of hydrogen-bond donors (Lipinski definition) is 2. The molecule has 3 heteroatoms. The molecule has 0 saturated carbocycles. The summed E-state index contributed by atoms with van der Waals surface area (Å²) in [6, 6.07) is 0.722. The Labute approximate surface area is 72.9 Å². The van der Waals surface area contributed by atoms with Crippen molar-refractivity contribution in [3.63, 3.8) is 0 Å². The third-order valence-corrected chi connectivity index (χ3v) is 3.14. The van der Waals surface area contributed by atoms with Gasteiger partial charge in [-0.3, -0.25) is 4.79 Å². The molecule has 68 valence electrons. The maximum Gasteiger partial charge on any atom is 0.227 e. The molecule has 3 nitrogen and oxygen atoms in total. The molecule has 0 aliphatic carbocycles. The first-order chi connectivity index (χ1) is 5.62. The standard InChI is InChI=1S/C9H16N2O/c1-9(2)7-6(11-8(9)12)4-3-5-10-7/h6-7,10H,3-5H2,1-2H3,(H,11,12). The van der Waals surface area contributed by atoms with E-state index in [0.717, 1.165) is 13.0 Å². The van der Waals surface area contributed by atoms with Crippen LogP contribution in [0.25, 0.3) is 0 Å². The molecule has 1 amide bonds. The summed E-state index contributed by atoms with van der Waals surface area (Å²) < 4.78 is 0. The number of fused-ring (bicyclic) bond motifs is 1. The van der Waals surface area contributed by atoms with Crippen molar-refractivity contribution in [2.24, 2.45) is 5.41 Å². The normalized spacial score (nSPS) is 39.0. The third kappa shape index (κ3) is 0.959. The van der Waals surface area contributed by atoms with Crippen LogP contribution in [0.5, 0.6) is 0 Å². The Hall–Kier alpha value is -0.570. The molecule has 0 spiro atoms. The minimum absolute atomic E-state index is 0.201. The quantitative estimate of drug-likeness (QED) is 0.545. The lowest BCUT2D eigenvalue weighted by molar-refractivity contribution is -0.126. The van der Waals surface area contributed by atoms with Gasteiger partial charge in [0, 0.05) is 12.1 Å². The summed E-state index contributed by atoms with van der Waals surface area (Å²) in [5, 5.41) is 6.46. The third-order valence-electron chi connectivity index (χ3n) is 3.14. The summed E-state index contributed by atoms with van der Waals surface area (Å²) in [7, 11) is 0. The van der Waals surface area contributed by atoms with Gasteiger partial charge in [0.25, 0.3) is 0 Å². The second-order valence-electron chi connectivity index (χ2n) is 4.38. The van der Waals surface area contributed by atoms with Crippen LogP contribution in [-0.2, 0) is 4.79 Å². The smallest absolute Gasteiger partial charge is 0.227 e. The monoisotopic (exact) mass is 168 g/mol. The zero-order valence-electron chi connectivity index (χ0n) is 7.68. The lowest BCUT2D eigenvalue weighted by Crippen LogP contribution is -2.50. The van der Waals surface area contributed by atoms with Gasteiger partial charge in [-0.05, 0) is 33.2 Å². The van der Waals surface area contributed by atoms with E-state index in [4.69, 9.17) is 0 Å². The number of rotatable bonds is 0. The summed E-state index contributed by atoms with van der Waals surface area (Å²) in [5.74, 6) is 0.201. The molecule has 2 fully saturated rings. The molecule has 2 N–H and O–H groups in total. The van der Waals surface area contributed by atoms with Crippen LogP contribution in [0.3, 0.4) is 0 Å². The molecule has 2 aliphatic rings. The molecule has 2 rings (SSSR count). The summed E-state index contributed by atoms with van der Waals surface area (Å²) in [6.45, 7) is 5.09. The molecule has 0 aromatic rings. The van der Waals surface area contributed by atoms with Gasteiger partial charge in [-0.1, -0.05) is 0 Å². The lowest BCUT2D eigenvalue weighted by atomic mass is 9.81. The molecule has 0 aromatic heterocycles. The maximum atomic E-state index is 11.5. The topological polar surface area (TPSA) is 41.1 Å². The predicted molar refractivity (Wildman–Crippen MR) is 46.7 cm³/mol. The Morgan fingerprint density at radius 2 is 2.25 bits per heavy atom. The fourth-order valence-corrected chi connectivity index (χ4v) is 2.30. The zero-order chi connectivity index (χ0) is 8.77. The lowest BCUT2D eigenvalue weighted by Gasteiger charge is -2.32. The van der Waals surface area contributed by atoms with E-state index < -0.39 is 0 Å². The Balaban J connectivity index is 2.22. The fourth-order valence-electron chi connectivity index (χ4n) is 2.30. The van der Waals surface area contributed by atoms with Crippen LogP contribution in [0.15, 0.2) is 0 Å². The summed E-state index contributed by atoms with van der Waals surface area (Å²) in [6.07, 6.45) is 2.31. The van der Waals surface area contributed by atoms with E-state index in [1.165, 1.54) is 6.42 Å². The largest absolute Gasteiger partial charge is 0.351 e. The summed E-state index contributed by atoms with van der Waals surface area (Å²) in [5.41, 5.74) is -0.217. The summed E-state index contributed by atoms with van der Waals surface area (Å²) in [4.78, 5) is 11.5. The highest BCUT2D eigenvalue weighted by molar-refractivity contribution is 5.85. The molecule has 2 unspecified atom stereocenters. The van der Waals surface area contributed by atoms with Crippen LogP contribution in [-0.4, -0.2) is 24.5 Å². The minimum Gasteiger partial charge on any atom is -0.351 e. The first-order valence-corrected chi connectivity index (χ1v) is 4.67. The van der Waals surface area contributed by atoms with Gasteiger partial charge >= 0.3 is 0 Å². The van der Waals surface area contributed by atoms with Crippen LogP contribution < -0.4 is 10.6 Å². The molecular weight excluding hydrogens is 152 g/mol. The molecule has 2 saturated heterocycles. The van der Waals surface area contributed by atoms with Crippen molar-refractivity contribution in [3.8, 4) is 0 Å². The van der Waals surface area contributed by atoms with Crippen molar-refractivity contribution >= 4 is 5.91 Å². The van der Waals surface area contributed by atoms with Gasteiger partial charge in [0.2, 0.25) is 5.91 Å². The van der Waals surface area contributed by atoms with Crippen molar-refractivity contribution in [1.82, 2.24) is 10.6 Å². The van der Waals surface area contributed by atoms with Gasteiger partial charge in [-0.2, -0.15) is 0 Å². The number of amides is 1. The molecule has 2 aliphatic heterocycles. The van der Waals surface area contributed by atoms with E-state index in [9.17, 15) is 4.79 Å². The van der Waals surface area contributed by atoms with Crippen LogP contribution in [0.2, 0.25) is 0 Å². The van der Waals surface area contributed by atoms with Crippen LogP contribution >= 0.6 is 0 Å². The van der Waals surface area contributed by atoms with Crippen molar-refractivity contribution in [1.29, 1.82) is 0 Å². The van der Waals surface area contributed by atoms with E-state index in [0.29, 0.717) is 12.1 Å². The van der Waals surface area contributed by atoms with Crippen LogP contribution in [0, 0.1) is 5.41 Å². The Morgan fingerprint density at radius 1 is 1.50 bits per heavy atom. The molecule has 0 bridgehead atoms. The first kappa shape index (κ1) is 8.05. The number of piperidine rings is 1. The van der Waals surface area contributed by atoms with Gasteiger partial charge < -0.3 is 10.6 Å². The highest BCUT2D eigenvalue weighted by Gasteiger charge is 2.48. The highest BCUT2D eigenvalue weighted by Crippen LogP contribution is 2.32. The fraction of sp³-hybridized carbons (Fsp3) is 0.889. The SMILES string of the molecule is CC1(C)C(=O)NC2CCCNC21. The number of nitrogens with one attached hydrogen (secondary N) is 2. The van der Waals surface area contributed by atoms with Crippen molar-refractivity contribution in [2.75, 3.05) is 6.54 Å². The average molecular weight is 168 g/mol. The number of carbonyl (C=O) groups is 1. The Bertz CT molecular complexity index is 213.